The number of halogens is 3. The van der Waals surface area contributed by atoms with Crippen LogP contribution in [-0.4, -0.2) is 31.5 Å². The van der Waals surface area contributed by atoms with Crippen LogP contribution < -0.4 is 10.6 Å². The Morgan fingerprint density at radius 3 is 2.46 bits per heavy atom. The van der Waals surface area contributed by atoms with Gasteiger partial charge in [-0.15, -0.1) is 0 Å². The van der Waals surface area contributed by atoms with Crippen LogP contribution in [0.2, 0.25) is 0 Å². The van der Waals surface area contributed by atoms with Gasteiger partial charge in [0.25, 0.3) is 5.91 Å². The Balaban J connectivity index is 4.00. The highest BCUT2D eigenvalue weighted by Crippen LogP contribution is 2.12. The van der Waals surface area contributed by atoms with E-state index >= 15 is 0 Å². The summed E-state index contributed by atoms with van der Waals surface area (Å²) in [4.78, 5) is 23.4. The Morgan fingerprint density at radius 2 is 1.82 bits per heavy atom. The molecule has 152 valence electrons. The second kappa shape index (κ2) is 15.2. The van der Waals surface area contributed by atoms with Gasteiger partial charge in [0.2, 0.25) is 5.91 Å². The maximum atomic E-state index is 12.6. The van der Waals surface area contributed by atoms with E-state index in [1.165, 1.54) is 30.6 Å². The zero-order valence-electron chi connectivity index (χ0n) is 15.3. The molecule has 5 nitrogen and oxygen atoms in total. The van der Waals surface area contributed by atoms with Crippen molar-refractivity contribution in [3.8, 4) is 0 Å². The summed E-state index contributed by atoms with van der Waals surface area (Å²) in [6, 6.07) is 0. The average molecular weight is 413 g/mol. The smallest absolute Gasteiger partial charge is 0.257 e. The molecule has 0 rings (SSSR count). The molecular formula is C20H23ClF2N2O3. The van der Waals surface area contributed by atoms with E-state index in [0.717, 1.165) is 0 Å². The van der Waals surface area contributed by atoms with Gasteiger partial charge < -0.3 is 15.4 Å². The topological polar surface area (TPSA) is 67.4 Å². The van der Waals surface area contributed by atoms with Crippen LogP contribution in [0.3, 0.4) is 0 Å². The van der Waals surface area contributed by atoms with Gasteiger partial charge in [0.15, 0.2) is 6.61 Å². The van der Waals surface area contributed by atoms with Crippen LogP contribution in [0.5, 0.6) is 0 Å². The highest BCUT2D eigenvalue weighted by atomic mass is 35.5. The van der Waals surface area contributed by atoms with Gasteiger partial charge in [0, 0.05) is 18.7 Å². The summed E-state index contributed by atoms with van der Waals surface area (Å²) >= 11 is 5.48. The monoisotopic (exact) mass is 412 g/mol. The zero-order chi connectivity index (χ0) is 21.4. The number of amides is 2. The second-order valence-corrected chi connectivity index (χ2v) is 5.69. The first kappa shape index (κ1) is 25.1. The summed E-state index contributed by atoms with van der Waals surface area (Å²) in [6.07, 6.45) is 8.58. The van der Waals surface area contributed by atoms with Gasteiger partial charge in [0.05, 0.1) is 17.6 Å². The van der Waals surface area contributed by atoms with Crippen LogP contribution in [0.4, 0.5) is 8.78 Å². The molecule has 0 saturated carbocycles. The fraction of sp³-hybridized carbons (Fsp3) is 0.200. The minimum atomic E-state index is -0.775. The average Bonchev–Trinajstić information content (AvgIpc) is 2.65. The molecule has 0 fully saturated rings. The molecule has 0 aliphatic carbocycles. The lowest BCUT2D eigenvalue weighted by Crippen LogP contribution is -2.31. The van der Waals surface area contributed by atoms with Crippen molar-refractivity contribution in [2.75, 3.05) is 19.7 Å². The highest BCUT2D eigenvalue weighted by Gasteiger charge is 2.07. The number of allylic oxidation sites excluding steroid dienone is 6. The molecule has 0 bridgehead atoms. The van der Waals surface area contributed by atoms with Crippen LogP contribution in [0.15, 0.2) is 84.7 Å². The van der Waals surface area contributed by atoms with E-state index in [1.807, 2.05) is 0 Å². The zero-order valence-corrected chi connectivity index (χ0v) is 16.1. The fourth-order valence-electron chi connectivity index (χ4n) is 1.52. The molecule has 0 spiro atoms. The number of hydrogen-bond acceptors (Lipinski definition) is 3. The van der Waals surface area contributed by atoms with Gasteiger partial charge in [-0.3, -0.25) is 9.59 Å². The van der Waals surface area contributed by atoms with Crippen LogP contribution in [-0.2, 0) is 14.3 Å². The van der Waals surface area contributed by atoms with Crippen molar-refractivity contribution in [2.45, 2.75) is 6.42 Å². The molecule has 0 heterocycles. The van der Waals surface area contributed by atoms with Crippen LogP contribution in [0.25, 0.3) is 0 Å². The third-order valence-electron chi connectivity index (χ3n) is 2.95. The molecule has 28 heavy (non-hydrogen) atoms. The Labute approximate surface area is 168 Å². The lowest BCUT2D eigenvalue weighted by Gasteiger charge is -2.09. The molecule has 0 atom stereocenters. The van der Waals surface area contributed by atoms with Gasteiger partial charge in [-0.05, 0) is 30.2 Å². The second-order valence-electron chi connectivity index (χ2n) is 5.28. The summed E-state index contributed by atoms with van der Waals surface area (Å²) in [7, 11) is 0. The van der Waals surface area contributed by atoms with E-state index in [-0.39, 0.29) is 42.6 Å². The Bertz CT molecular complexity index is 710. The molecule has 0 radical (unpaired) electrons. The van der Waals surface area contributed by atoms with Crippen LogP contribution in [0.1, 0.15) is 6.42 Å². The van der Waals surface area contributed by atoms with Gasteiger partial charge in [0.1, 0.15) is 5.83 Å². The first-order chi connectivity index (χ1) is 13.3. The molecule has 0 unspecified atom stereocenters. The standard InChI is InChI=1S/C20H23ClF2N2O3/c1-15(7-4-5-10-22)13-25-20(27)16(2)9-11-24-19(26)14-28-12-6-8-18(21)17(3)23/h4-8,10,12H,1-3,9,11,13-14H2,(H,24,26)(H,25,27)/b7-4-,10-5+,12-6+,18-8+. The molecule has 2 amide bonds. The molecule has 0 aliphatic rings. The van der Waals surface area contributed by atoms with Gasteiger partial charge in [-0.2, -0.15) is 0 Å². The molecule has 0 saturated heterocycles. The van der Waals surface area contributed by atoms with Crippen molar-refractivity contribution < 1.29 is 23.1 Å². The van der Waals surface area contributed by atoms with E-state index in [1.54, 1.807) is 6.08 Å². The minimum Gasteiger partial charge on any atom is -0.491 e. The largest absolute Gasteiger partial charge is 0.491 e. The van der Waals surface area contributed by atoms with Crippen molar-refractivity contribution in [1.29, 1.82) is 0 Å². The lowest BCUT2D eigenvalue weighted by atomic mass is 10.2. The number of ether oxygens (including phenoxy) is 1. The summed E-state index contributed by atoms with van der Waals surface area (Å²) in [6.45, 7) is 10.5. The van der Waals surface area contributed by atoms with E-state index in [2.05, 4.69) is 30.4 Å². The number of rotatable bonds is 13. The number of hydrogen-bond donors (Lipinski definition) is 2. The minimum absolute atomic E-state index is 0.169. The predicted octanol–water partition coefficient (Wildman–Crippen LogP) is 3.90. The van der Waals surface area contributed by atoms with E-state index in [9.17, 15) is 18.4 Å². The van der Waals surface area contributed by atoms with Crippen molar-refractivity contribution in [1.82, 2.24) is 10.6 Å². The molecular weight excluding hydrogens is 390 g/mol. The van der Waals surface area contributed by atoms with Gasteiger partial charge in [-0.1, -0.05) is 43.5 Å². The van der Waals surface area contributed by atoms with Crippen molar-refractivity contribution in [3.63, 3.8) is 0 Å². The van der Waals surface area contributed by atoms with E-state index in [0.29, 0.717) is 11.9 Å². The maximum Gasteiger partial charge on any atom is 0.257 e. The molecule has 2 N–H and O–H groups in total. The summed E-state index contributed by atoms with van der Waals surface area (Å²) in [5, 5.41) is 5.00. The highest BCUT2D eigenvalue weighted by molar-refractivity contribution is 6.31. The fourth-order valence-corrected chi connectivity index (χ4v) is 1.60. The quantitative estimate of drug-likeness (QED) is 0.274. The predicted molar refractivity (Wildman–Crippen MR) is 108 cm³/mol. The Hall–Kier alpha value is -2.93. The Morgan fingerprint density at radius 1 is 1.11 bits per heavy atom. The third kappa shape index (κ3) is 13.3. The number of carbonyl (C=O) groups excluding carboxylic acids is 2. The van der Waals surface area contributed by atoms with Gasteiger partial charge in [-0.25, -0.2) is 8.78 Å². The Kier molecular flexibility index (Phi) is 13.6. The molecule has 0 aliphatic heterocycles. The van der Waals surface area contributed by atoms with Crippen molar-refractivity contribution in [3.05, 3.63) is 84.7 Å². The number of carbonyl (C=O) groups is 2. The normalized spacial score (nSPS) is 11.8. The SMILES string of the molecule is C=C(/C=C\C=C\F)CNC(=O)C(=C)CCNC(=O)CO/C=C/C=C(/Cl)C(=C)F. The molecule has 0 aromatic carbocycles. The number of nitrogens with one attached hydrogen (secondary N) is 2. The first-order valence-corrected chi connectivity index (χ1v) is 8.48. The van der Waals surface area contributed by atoms with Crippen LogP contribution in [0, 0.1) is 0 Å². The summed E-state index contributed by atoms with van der Waals surface area (Å²) in [5.74, 6) is -1.55. The van der Waals surface area contributed by atoms with Gasteiger partial charge >= 0.3 is 0 Å². The maximum absolute atomic E-state index is 12.6. The van der Waals surface area contributed by atoms with Crippen molar-refractivity contribution in [2.24, 2.45) is 0 Å². The molecule has 0 aromatic heterocycles. The molecule has 8 heteroatoms. The summed E-state index contributed by atoms with van der Waals surface area (Å²) in [5.41, 5.74) is 0.873. The third-order valence-corrected chi connectivity index (χ3v) is 3.28. The van der Waals surface area contributed by atoms with Crippen molar-refractivity contribution >= 4 is 23.4 Å². The van der Waals surface area contributed by atoms with E-state index < -0.39 is 11.7 Å². The van der Waals surface area contributed by atoms with Crippen LogP contribution >= 0.6 is 11.6 Å². The first-order valence-electron chi connectivity index (χ1n) is 8.10. The molecule has 0 aromatic rings. The van der Waals surface area contributed by atoms with E-state index in [4.69, 9.17) is 16.3 Å². The lowest BCUT2D eigenvalue weighted by molar-refractivity contribution is -0.124. The summed E-state index contributed by atoms with van der Waals surface area (Å²) < 4.78 is 29.3.